The fourth-order valence-corrected chi connectivity index (χ4v) is 3.34. The van der Waals surface area contributed by atoms with Gasteiger partial charge in [0.05, 0.1) is 5.69 Å². The van der Waals surface area contributed by atoms with E-state index in [1.807, 2.05) is 0 Å². The molecule has 1 aromatic heterocycles. The fourth-order valence-electron chi connectivity index (χ4n) is 3.34. The molecule has 2 N–H and O–H groups in total. The van der Waals surface area contributed by atoms with Crippen molar-refractivity contribution >= 4 is 5.82 Å². The molecule has 0 radical (unpaired) electrons. The van der Waals surface area contributed by atoms with Gasteiger partial charge in [-0.15, -0.1) is 5.10 Å². The highest BCUT2D eigenvalue weighted by molar-refractivity contribution is 5.38. The van der Waals surface area contributed by atoms with E-state index in [-0.39, 0.29) is 6.04 Å². The minimum absolute atomic E-state index is 0.286. The SMILES string of the molecule is NC1CCCN(c2ccc(C3CCCCC3)nn2)C1. The van der Waals surface area contributed by atoms with E-state index in [1.165, 1.54) is 37.8 Å². The first kappa shape index (κ1) is 12.9. The Kier molecular flexibility index (Phi) is 3.97. The van der Waals surface area contributed by atoms with Crippen molar-refractivity contribution in [2.75, 3.05) is 18.0 Å². The molecule has 0 amide bonds. The van der Waals surface area contributed by atoms with Gasteiger partial charge < -0.3 is 10.6 Å². The van der Waals surface area contributed by atoms with Crippen LogP contribution in [0.5, 0.6) is 0 Å². The number of anilines is 1. The van der Waals surface area contributed by atoms with Crippen molar-refractivity contribution in [1.82, 2.24) is 10.2 Å². The maximum Gasteiger partial charge on any atom is 0.151 e. The Morgan fingerprint density at radius 2 is 1.84 bits per heavy atom. The van der Waals surface area contributed by atoms with Crippen LogP contribution in [0.25, 0.3) is 0 Å². The summed E-state index contributed by atoms with van der Waals surface area (Å²) in [6.45, 7) is 1.97. The Hall–Kier alpha value is -1.16. The molecule has 1 saturated carbocycles. The highest BCUT2D eigenvalue weighted by Crippen LogP contribution is 2.31. The smallest absolute Gasteiger partial charge is 0.151 e. The summed E-state index contributed by atoms with van der Waals surface area (Å²) < 4.78 is 0. The van der Waals surface area contributed by atoms with E-state index in [0.29, 0.717) is 5.92 Å². The summed E-state index contributed by atoms with van der Waals surface area (Å²) >= 11 is 0. The van der Waals surface area contributed by atoms with E-state index >= 15 is 0 Å². The first-order chi connectivity index (χ1) is 9.33. The molecule has 1 atom stereocenters. The van der Waals surface area contributed by atoms with Crippen molar-refractivity contribution in [3.05, 3.63) is 17.8 Å². The maximum absolute atomic E-state index is 6.02. The zero-order valence-corrected chi connectivity index (χ0v) is 11.6. The van der Waals surface area contributed by atoms with Gasteiger partial charge in [-0.2, -0.15) is 5.10 Å². The van der Waals surface area contributed by atoms with E-state index in [9.17, 15) is 0 Å². The maximum atomic E-state index is 6.02. The third-order valence-electron chi connectivity index (χ3n) is 4.48. The molecule has 3 rings (SSSR count). The van der Waals surface area contributed by atoms with Gasteiger partial charge in [0.25, 0.3) is 0 Å². The van der Waals surface area contributed by atoms with E-state index < -0.39 is 0 Å². The van der Waals surface area contributed by atoms with Crippen molar-refractivity contribution in [3.63, 3.8) is 0 Å². The van der Waals surface area contributed by atoms with Gasteiger partial charge in [-0.1, -0.05) is 19.3 Å². The van der Waals surface area contributed by atoms with Crippen LogP contribution >= 0.6 is 0 Å². The molecule has 0 aromatic carbocycles. The molecule has 1 aliphatic carbocycles. The first-order valence-corrected chi connectivity index (χ1v) is 7.67. The zero-order valence-electron chi connectivity index (χ0n) is 11.6. The third kappa shape index (κ3) is 3.06. The molecule has 1 unspecified atom stereocenters. The molecule has 1 aliphatic heterocycles. The molecule has 1 aromatic rings. The van der Waals surface area contributed by atoms with Crippen molar-refractivity contribution < 1.29 is 0 Å². The molecule has 2 fully saturated rings. The Morgan fingerprint density at radius 3 is 2.53 bits per heavy atom. The van der Waals surface area contributed by atoms with Crippen molar-refractivity contribution in [3.8, 4) is 0 Å². The Balaban J connectivity index is 1.67. The van der Waals surface area contributed by atoms with E-state index in [0.717, 1.165) is 31.7 Å². The van der Waals surface area contributed by atoms with Crippen molar-refractivity contribution in [1.29, 1.82) is 0 Å². The first-order valence-electron chi connectivity index (χ1n) is 7.67. The molecule has 0 bridgehead atoms. The summed E-state index contributed by atoms with van der Waals surface area (Å²) in [7, 11) is 0. The average Bonchev–Trinajstić information content (AvgIpc) is 2.48. The summed E-state index contributed by atoms with van der Waals surface area (Å²) in [4.78, 5) is 2.27. The highest BCUT2D eigenvalue weighted by atomic mass is 15.3. The molecule has 104 valence electrons. The van der Waals surface area contributed by atoms with Gasteiger partial charge in [-0.3, -0.25) is 0 Å². The Morgan fingerprint density at radius 1 is 1.00 bits per heavy atom. The van der Waals surface area contributed by atoms with Crippen LogP contribution < -0.4 is 10.6 Å². The minimum atomic E-state index is 0.286. The average molecular weight is 260 g/mol. The van der Waals surface area contributed by atoms with Gasteiger partial charge in [0.1, 0.15) is 0 Å². The van der Waals surface area contributed by atoms with Crippen LogP contribution in [0.4, 0.5) is 5.82 Å². The lowest BCUT2D eigenvalue weighted by molar-refractivity contribution is 0.433. The molecule has 2 heterocycles. The predicted molar refractivity (Wildman–Crippen MR) is 77.3 cm³/mol. The van der Waals surface area contributed by atoms with Crippen LogP contribution in [0.1, 0.15) is 56.6 Å². The van der Waals surface area contributed by atoms with Gasteiger partial charge in [0.2, 0.25) is 0 Å². The van der Waals surface area contributed by atoms with Gasteiger partial charge in [0, 0.05) is 25.0 Å². The molecular formula is C15H24N4. The number of rotatable bonds is 2. The van der Waals surface area contributed by atoms with Crippen molar-refractivity contribution in [2.45, 2.75) is 56.9 Å². The number of nitrogens with zero attached hydrogens (tertiary/aromatic N) is 3. The van der Waals surface area contributed by atoms with Crippen LogP contribution in [0.2, 0.25) is 0 Å². The molecule has 4 heteroatoms. The van der Waals surface area contributed by atoms with Gasteiger partial charge in [-0.25, -0.2) is 0 Å². The van der Waals surface area contributed by atoms with Crippen LogP contribution in [0, 0.1) is 0 Å². The lowest BCUT2D eigenvalue weighted by Crippen LogP contribution is -2.43. The number of piperidine rings is 1. The second-order valence-corrected chi connectivity index (χ2v) is 6.00. The summed E-state index contributed by atoms with van der Waals surface area (Å²) in [6, 6.07) is 4.60. The number of hydrogen-bond donors (Lipinski definition) is 1. The zero-order chi connectivity index (χ0) is 13.1. The molecule has 19 heavy (non-hydrogen) atoms. The summed E-state index contributed by atoms with van der Waals surface area (Å²) in [6.07, 6.45) is 8.92. The van der Waals surface area contributed by atoms with Crippen LogP contribution in [-0.4, -0.2) is 29.3 Å². The number of aromatic nitrogens is 2. The monoisotopic (exact) mass is 260 g/mol. The lowest BCUT2D eigenvalue weighted by Gasteiger charge is -2.31. The minimum Gasteiger partial charge on any atom is -0.354 e. The molecule has 4 nitrogen and oxygen atoms in total. The van der Waals surface area contributed by atoms with Crippen molar-refractivity contribution in [2.24, 2.45) is 5.73 Å². The number of nitrogens with two attached hydrogens (primary N) is 1. The largest absolute Gasteiger partial charge is 0.354 e. The topological polar surface area (TPSA) is 55.0 Å². The predicted octanol–water partition coefficient (Wildman–Crippen LogP) is 2.45. The normalized spacial score (nSPS) is 25.5. The molecular weight excluding hydrogens is 236 g/mol. The second kappa shape index (κ2) is 5.87. The van der Waals surface area contributed by atoms with Gasteiger partial charge in [-0.05, 0) is 37.8 Å². The Bertz CT molecular complexity index is 397. The fraction of sp³-hybridized carbons (Fsp3) is 0.733. The molecule has 2 aliphatic rings. The highest BCUT2D eigenvalue weighted by Gasteiger charge is 2.20. The van der Waals surface area contributed by atoms with Crippen LogP contribution in [-0.2, 0) is 0 Å². The van der Waals surface area contributed by atoms with E-state index in [1.54, 1.807) is 0 Å². The van der Waals surface area contributed by atoms with Crippen LogP contribution in [0.3, 0.4) is 0 Å². The summed E-state index contributed by atoms with van der Waals surface area (Å²) in [5, 5.41) is 8.90. The van der Waals surface area contributed by atoms with Gasteiger partial charge in [0.15, 0.2) is 5.82 Å². The summed E-state index contributed by atoms with van der Waals surface area (Å²) in [5.41, 5.74) is 7.20. The molecule has 0 spiro atoms. The third-order valence-corrected chi connectivity index (χ3v) is 4.48. The molecule has 1 saturated heterocycles. The lowest BCUT2D eigenvalue weighted by atomic mass is 9.87. The van der Waals surface area contributed by atoms with E-state index in [4.69, 9.17) is 5.73 Å². The second-order valence-electron chi connectivity index (χ2n) is 6.00. The van der Waals surface area contributed by atoms with E-state index in [2.05, 4.69) is 27.2 Å². The van der Waals surface area contributed by atoms with Crippen LogP contribution in [0.15, 0.2) is 12.1 Å². The quantitative estimate of drug-likeness (QED) is 0.887. The van der Waals surface area contributed by atoms with Gasteiger partial charge >= 0.3 is 0 Å². The Labute approximate surface area is 115 Å². The number of hydrogen-bond acceptors (Lipinski definition) is 4. The standard InChI is InChI=1S/C15H24N4/c16-13-7-4-10-19(11-13)15-9-8-14(17-18-15)12-5-2-1-3-6-12/h8-9,12-13H,1-7,10-11,16H2. The summed E-state index contributed by atoms with van der Waals surface area (Å²) in [5.74, 6) is 1.63.